The van der Waals surface area contributed by atoms with Crippen molar-refractivity contribution in [3.8, 4) is 0 Å². The average Bonchev–Trinajstić information content (AvgIpc) is 3.58. The first-order valence-electron chi connectivity index (χ1n) is 13.0. The van der Waals surface area contributed by atoms with E-state index < -0.39 is 17.3 Å². The van der Waals surface area contributed by atoms with Crippen LogP contribution in [0.15, 0.2) is 36.5 Å². The second-order valence-corrected chi connectivity index (χ2v) is 12.1. The van der Waals surface area contributed by atoms with Crippen molar-refractivity contribution >= 4 is 17.4 Å². The van der Waals surface area contributed by atoms with Gasteiger partial charge in [-0.25, -0.2) is 18.7 Å². The number of aryl methyl sites for hydroxylation is 1. The summed E-state index contributed by atoms with van der Waals surface area (Å²) in [5, 5.41) is 7.86. The zero-order valence-electron chi connectivity index (χ0n) is 22.0. The van der Waals surface area contributed by atoms with Gasteiger partial charge < -0.3 is 19.7 Å². The highest BCUT2D eigenvalue weighted by atomic mass is 19.1. The Morgan fingerprint density at radius 1 is 1.30 bits per heavy atom. The molecule has 1 amide bonds. The summed E-state index contributed by atoms with van der Waals surface area (Å²) in [4.78, 5) is 19.7. The number of amides is 1. The molecule has 3 unspecified atom stereocenters. The molecule has 4 atom stereocenters. The molecule has 8 nitrogen and oxygen atoms in total. The largest absolute Gasteiger partial charge is 0.444 e. The second kappa shape index (κ2) is 8.15. The molecular formula is C28H34FN5O3. The molecule has 1 aromatic carbocycles. The van der Waals surface area contributed by atoms with Crippen molar-refractivity contribution in [1.29, 1.82) is 0 Å². The molecule has 5 heterocycles. The fourth-order valence-corrected chi connectivity index (χ4v) is 6.14. The molecular weight excluding hydrogens is 473 g/mol. The van der Waals surface area contributed by atoms with E-state index in [1.165, 1.54) is 6.07 Å². The third kappa shape index (κ3) is 4.04. The van der Waals surface area contributed by atoms with Gasteiger partial charge in [0.1, 0.15) is 11.4 Å². The van der Waals surface area contributed by atoms with Crippen LogP contribution >= 0.6 is 0 Å². The van der Waals surface area contributed by atoms with E-state index in [9.17, 15) is 9.18 Å². The number of benzene rings is 1. The van der Waals surface area contributed by atoms with Crippen molar-refractivity contribution in [3.05, 3.63) is 59.3 Å². The number of nitrogens with one attached hydrogen (secondary N) is 1. The van der Waals surface area contributed by atoms with Gasteiger partial charge in [-0.2, -0.15) is 0 Å². The van der Waals surface area contributed by atoms with Crippen LogP contribution in [0.3, 0.4) is 0 Å². The number of hydrogen-bond acceptors (Lipinski definition) is 6. The Bertz CT molecular complexity index is 1380. The number of aromatic nitrogens is 3. The smallest absolute Gasteiger partial charge is 0.407 e. The van der Waals surface area contributed by atoms with Gasteiger partial charge in [-0.3, -0.25) is 0 Å². The molecule has 1 N–H and O–H groups in total. The molecule has 3 saturated heterocycles. The predicted octanol–water partition coefficient (Wildman–Crippen LogP) is 4.48. The molecule has 4 aliphatic rings. The Hall–Kier alpha value is -3.20. The minimum Gasteiger partial charge on any atom is -0.444 e. The molecule has 1 aliphatic carbocycles. The van der Waals surface area contributed by atoms with Gasteiger partial charge in [0, 0.05) is 24.4 Å². The minimum absolute atomic E-state index is 0.128. The number of ether oxygens (including phenoxy) is 2. The molecule has 2 aromatic heterocycles. The molecule has 196 valence electrons. The summed E-state index contributed by atoms with van der Waals surface area (Å²) in [5.74, 6) is 0.616. The lowest BCUT2D eigenvalue weighted by Gasteiger charge is -2.43. The van der Waals surface area contributed by atoms with Crippen LogP contribution in [0.2, 0.25) is 0 Å². The number of fused-ring (bicyclic) bond motifs is 2. The first-order chi connectivity index (χ1) is 17.5. The summed E-state index contributed by atoms with van der Waals surface area (Å²) < 4.78 is 27.4. The summed E-state index contributed by atoms with van der Waals surface area (Å²) >= 11 is 0. The Balaban J connectivity index is 1.26. The Labute approximate surface area is 216 Å². The molecule has 37 heavy (non-hydrogen) atoms. The van der Waals surface area contributed by atoms with Gasteiger partial charge >= 0.3 is 6.09 Å². The molecule has 3 aromatic rings. The van der Waals surface area contributed by atoms with Crippen LogP contribution in [-0.4, -0.2) is 52.0 Å². The number of alkyl carbamates (subject to hydrolysis) is 1. The fraction of sp³-hybridized carbons (Fsp3) is 0.536. The van der Waals surface area contributed by atoms with Gasteiger partial charge in [0.05, 0.1) is 24.5 Å². The van der Waals surface area contributed by atoms with Crippen molar-refractivity contribution < 1.29 is 18.7 Å². The molecule has 7 rings (SSSR count). The van der Waals surface area contributed by atoms with Gasteiger partial charge in [0.15, 0.2) is 17.1 Å². The number of hydrogen-bond donors (Lipinski definition) is 1. The minimum atomic E-state index is -0.732. The van der Waals surface area contributed by atoms with Crippen molar-refractivity contribution in [1.82, 2.24) is 19.9 Å². The van der Waals surface area contributed by atoms with E-state index >= 15 is 0 Å². The lowest BCUT2D eigenvalue weighted by molar-refractivity contribution is -0.0448. The Morgan fingerprint density at radius 2 is 2.11 bits per heavy atom. The van der Waals surface area contributed by atoms with E-state index in [0.717, 1.165) is 48.4 Å². The highest BCUT2D eigenvalue weighted by Gasteiger charge is 2.65. The van der Waals surface area contributed by atoms with E-state index in [2.05, 4.69) is 23.2 Å². The molecule has 3 aliphatic heterocycles. The van der Waals surface area contributed by atoms with Crippen molar-refractivity contribution in [3.63, 3.8) is 0 Å². The molecule has 4 fully saturated rings. The zero-order chi connectivity index (χ0) is 26.2. The summed E-state index contributed by atoms with van der Waals surface area (Å²) in [6, 6.07) is 8.86. The van der Waals surface area contributed by atoms with Crippen LogP contribution in [0, 0.1) is 18.7 Å². The fourth-order valence-electron chi connectivity index (χ4n) is 6.14. The Morgan fingerprint density at radius 3 is 2.84 bits per heavy atom. The normalized spacial score (nSPS) is 29.0. The van der Waals surface area contributed by atoms with Gasteiger partial charge in [0.25, 0.3) is 0 Å². The van der Waals surface area contributed by atoms with Gasteiger partial charge in [-0.05, 0) is 69.9 Å². The van der Waals surface area contributed by atoms with Gasteiger partial charge in [0.2, 0.25) is 0 Å². The summed E-state index contributed by atoms with van der Waals surface area (Å²) in [7, 11) is 0. The number of halogens is 1. The molecule has 2 bridgehead atoms. The summed E-state index contributed by atoms with van der Waals surface area (Å²) in [6.07, 6.45) is 3.27. The number of carbonyl (C=O) groups excluding carboxylic acids is 1. The number of pyridine rings is 1. The zero-order valence-corrected chi connectivity index (χ0v) is 22.0. The monoisotopic (exact) mass is 507 g/mol. The molecule has 1 saturated carbocycles. The molecule has 9 heteroatoms. The van der Waals surface area contributed by atoms with Crippen LogP contribution in [0.25, 0.3) is 5.65 Å². The third-order valence-corrected chi connectivity index (χ3v) is 8.11. The topological polar surface area (TPSA) is 81.0 Å². The highest BCUT2D eigenvalue weighted by Crippen LogP contribution is 2.54. The average molecular weight is 508 g/mol. The second-order valence-electron chi connectivity index (χ2n) is 12.1. The van der Waals surface area contributed by atoms with Crippen LogP contribution in [0.4, 0.5) is 14.9 Å². The lowest BCUT2D eigenvalue weighted by atomic mass is 9.69. The maximum absolute atomic E-state index is 13.9. The SMILES string of the molecule is Cc1cc(N2CC[C@](C)(c3cccc(F)c3)C2)cn2nc(C34CC(CO3)C4NC(=O)OC(C)(C)C)nc12. The summed E-state index contributed by atoms with van der Waals surface area (Å²) in [5.41, 5.74) is 2.43. The quantitative estimate of drug-likeness (QED) is 0.561. The van der Waals surface area contributed by atoms with E-state index in [-0.39, 0.29) is 23.2 Å². The van der Waals surface area contributed by atoms with Crippen molar-refractivity contribution in [2.75, 3.05) is 24.6 Å². The summed E-state index contributed by atoms with van der Waals surface area (Å²) in [6.45, 7) is 12.0. The van der Waals surface area contributed by atoms with E-state index in [4.69, 9.17) is 19.6 Å². The first-order valence-corrected chi connectivity index (χ1v) is 13.0. The van der Waals surface area contributed by atoms with E-state index in [1.807, 2.05) is 44.5 Å². The first kappa shape index (κ1) is 24.2. The molecule has 0 radical (unpaired) electrons. The number of anilines is 1. The third-order valence-electron chi connectivity index (χ3n) is 8.11. The van der Waals surface area contributed by atoms with Crippen LogP contribution < -0.4 is 10.2 Å². The maximum Gasteiger partial charge on any atom is 0.407 e. The number of nitrogens with zero attached hydrogens (tertiary/aromatic N) is 4. The molecule has 0 spiro atoms. The van der Waals surface area contributed by atoms with Crippen LogP contribution in [-0.2, 0) is 20.5 Å². The van der Waals surface area contributed by atoms with E-state index in [1.54, 1.807) is 12.1 Å². The number of carbonyl (C=O) groups is 1. The van der Waals surface area contributed by atoms with E-state index in [0.29, 0.717) is 12.4 Å². The van der Waals surface area contributed by atoms with Crippen LogP contribution in [0.5, 0.6) is 0 Å². The number of rotatable bonds is 4. The Kier molecular flexibility index (Phi) is 5.32. The standard InChI is InChI=1S/C28H34FN5O3/c1-17-11-21(33-10-9-27(5,16-33)19-7-6-8-20(29)12-19)14-34-23(17)31-24(32-34)28-13-18(15-36-28)22(28)30-25(35)37-26(2,3)4/h6-8,11-12,14,18,22H,9-10,13,15-16H2,1-5H3,(H,30,35)/t18?,22?,27-,28?/m0/s1. The van der Waals surface area contributed by atoms with Gasteiger partial charge in [-0.1, -0.05) is 19.1 Å². The van der Waals surface area contributed by atoms with Crippen LogP contribution in [0.1, 0.15) is 57.5 Å². The highest BCUT2D eigenvalue weighted by molar-refractivity contribution is 5.69. The van der Waals surface area contributed by atoms with Crippen molar-refractivity contribution in [2.45, 2.75) is 70.1 Å². The van der Waals surface area contributed by atoms with Crippen molar-refractivity contribution in [2.24, 2.45) is 5.92 Å². The lowest BCUT2D eigenvalue weighted by Crippen LogP contribution is -2.60. The van der Waals surface area contributed by atoms with Gasteiger partial charge in [-0.15, -0.1) is 5.10 Å². The predicted molar refractivity (Wildman–Crippen MR) is 137 cm³/mol. The maximum atomic E-state index is 13.9.